The molecule has 3 aliphatic rings. The lowest BCUT2D eigenvalue weighted by Crippen LogP contribution is -2.33. The minimum absolute atomic E-state index is 0.0420. The number of amides is 1. The second kappa shape index (κ2) is 9.09. The molecule has 5 rings (SSSR count). The minimum Gasteiger partial charge on any atom is -0.493 e. The van der Waals surface area contributed by atoms with Crippen LogP contribution in [0.4, 0.5) is 0 Å². The second-order valence-corrected chi connectivity index (χ2v) is 8.68. The van der Waals surface area contributed by atoms with Gasteiger partial charge in [0.05, 0.1) is 18.8 Å². The summed E-state index contributed by atoms with van der Waals surface area (Å²) < 4.78 is 22.8. The third-order valence-electron chi connectivity index (χ3n) is 6.23. The first-order valence-corrected chi connectivity index (χ1v) is 11.2. The smallest absolute Gasteiger partial charge is 0.251 e. The number of fused-ring (bicyclic) bond motifs is 2. The monoisotopic (exact) mass is 456 g/mol. The molecule has 1 saturated carbocycles. The van der Waals surface area contributed by atoms with Crippen molar-refractivity contribution >= 4 is 5.91 Å². The van der Waals surface area contributed by atoms with Gasteiger partial charge in [-0.1, -0.05) is 0 Å². The van der Waals surface area contributed by atoms with E-state index in [1.807, 2.05) is 6.07 Å². The van der Waals surface area contributed by atoms with E-state index in [1.165, 1.54) is 0 Å². The summed E-state index contributed by atoms with van der Waals surface area (Å²) in [6, 6.07) is 10.8. The molecule has 9 heteroatoms. The molecule has 0 saturated heterocycles. The molecule has 0 radical (unpaired) electrons. The van der Waals surface area contributed by atoms with Crippen molar-refractivity contribution in [1.82, 2.24) is 10.6 Å². The van der Waals surface area contributed by atoms with Crippen molar-refractivity contribution in [2.75, 3.05) is 39.5 Å². The third-order valence-corrected chi connectivity index (χ3v) is 6.23. The van der Waals surface area contributed by atoms with E-state index in [4.69, 9.17) is 18.9 Å². The summed E-state index contributed by atoms with van der Waals surface area (Å²) in [6.07, 6.45) is 0.329. The summed E-state index contributed by atoms with van der Waals surface area (Å²) in [5.74, 6) is 2.58. The standard InChI is InChI=1S/C24H28N2O7/c27-11-19-13-32-22-8-18(2-4-21(22)33-19)31-12-16-9-24(16,29)14-25-5-6-30-17-1-3-20-15(7-17)10-26-23(20)28/h1-4,7-8,16,19,25,27,29H,5-6,9-14H2,(H,26,28). The zero-order valence-corrected chi connectivity index (χ0v) is 18.2. The molecule has 3 unspecified atom stereocenters. The number of benzene rings is 2. The summed E-state index contributed by atoms with van der Waals surface area (Å²) >= 11 is 0. The van der Waals surface area contributed by atoms with E-state index in [9.17, 15) is 15.0 Å². The van der Waals surface area contributed by atoms with Crippen LogP contribution in [0.15, 0.2) is 36.4 Å². The fourth-order valence-corrected chi connectivity index (χ4v) is 4.11. The van der Waals surface area contributed by atoms with Crippen molar-refractivity contribution in [1.29, 1.82) is 0 Å². The summed E-state index contributed by atoms with van der Waals surface area (Å²) in [5.41, 5.74) is 0.881. The van der Waals surface area contributed by atoms with E-state index in [2.05, 4.69) is 10.6 Å². The van der Waals surface area contributed by atoms with E-state index >= 15 is 0 Å². The van der Waals surface area contributed by atoms with Gasteiger partial charge in [0.25, 0.3) is 5.91 Å². The molecule has 1 fully saturated rings. The lowest BCUT2D eigenvalue weighted by molar-refractivity contribution is 0.0453. The summed E-state index contributed by atoms with van der Waals surface area (Å²) in [6.45, 7) is 2.69. The quantitative estimate of drug-likeness (QED) is 0.389. The van der Waals surface area contributed by atoms with Crippen LogP contribution >= 0.6 is 0 Å². The van der Waals surface area contributed by atoms with E-state index in [0.717, 1.165) is 11.3 Å². The number of carbonyl (C=O) groups is 1. The number of carbonyl (C=O) groups excluding carboxylic acids is 1. The predicted octanol–water partition coefficient (Wildman–Crippen LogP) is 0.861. The van der Waals surface area contributed by atoms with Crippen LogP contribution in [0.2, 0.25) is 0 Å². The van der Waals surface area contributed by atoms with Gasteiger partial charge < -0.3 is 39.8 Å². The fourth-order valence-electron chi connectivity index (χ4n) is 4.11. The molecule has 1 aliphatic carbocycles. The van der Waals surface area contributed by atoms with Crippen molar-refractivity contribution in [3.63, 3.8) is 0 Å². The van der Waals surface area contributed by atoms with Crippen LogP contribution in [0.3, 0.4) is 0 Å². The van der Waals surface area contributed by atoms with Crippen LogP contribution < -0.4 is 29.6 Å². The number of rotatable bonds is 10. The first-order valence-electron chi connectivity index (χ1n) is 11.2. The topological polar surface area (TPSA) is 119 Å². The molecular formula is C24H28N2O7. The van der Waals surface area contributed by atoms with Gasteiger partial charge in [-0.2, -0.15) is 0 Å². The van der Waals surface area contributed by atoms with E-state index in [1.54, 1.807) is 30.3 Å². The Balaban J connectivity index is 1.01. The maximum absolute atomic E-state index is 11.6. The average Bonchev–Trinajstić information content (AvgIpc) is 3.34. The normalized spacial score (nSPS) is 24.7. The maximum atomic E-state index is 11.6. The first-order chi connectivity index (χ1) is 16.0. The largest absolute Gasteiger partial charge is 0.493 e. The summed E-state index contributed by atoms with van der Waals surface area (Å²) in [4.78, 5) is 11.6. The van der Waals surface area contributed by atoms with Gasteiger partial charge in [-0.25, -0.2) is 0 Å². The lowest BCUT2D eigenvalue weighted by atomic mass is 10.1. The number of hydrogen-bond acceptors (Lipinski definition) is 8. The SMILES string of the molecule is O=C1NCc2cc(OCCNCC3(O)CC3COc3ccc4c(c3)OCC(CO)O4)ccc21. The van der Waals surface area contributed by atoms with Gasteiger partial charge in [0.1, 0.15) is 24.7 Å². The summed E-state index contributed by atoms with van der Waals surface area (Å²) in [7, 11) is 0. The van der Waals surface area contributed by atoms with Crippen LogP contribution in [-0.2, 0) is 6.54 Å². The van der Waals surface area contributed by atoms with Crippen LogP contribution in [0.25, 0.3) is 0 Å². The number of aliphatic hydroxyl groups is 2. The molecular weight excluding hydrogens is 428 g/mol. The van der Waals surface area contributed by atoms with Crippen LogP contribution in [0.1, 0.15) is 22.3 Å². The Kier molecular flexibility index (Phi) is 6.01. The highest BCUT2D eigenvalue weighted by Crippen LogP contribution is 2.43. The number of ether oxygens (including phenoxy) is 4. The van der Waals surface area contributed by atoms with Crippen molar-refractivity contribution in [2.45, 2.75) is 24.7 Å². The molecule has 9 nitrogen and oxygen atoms in total. The first kappa shape index (κ1) is 21.8. The van der Waals surface area contributed by atoms with Crippen LogP contribution in [0.5, 0.6) is 23.0 Å². The third kappa shape index (κ3) is 4.85. The van der Waals surface area contributed by atoms with Gasteiger partial charge in [-0.15, -0.1) is 0 Å². The Labute approximate surface area is 191 Å². The van der Waals surface area contributed by atoms with Crippen molar-refractivity contribution in [3.8, 4) is 23.0 Å². The highest BCUT2D eigenvalue weighted by molar-refractivity contribution is 5.98. The highest BCUT2D eigenvalue weighted by atomic mass is 16.6. The Hall–Kier alpha value is -3.01. The molecule has 2 aromatic carbocycles. The molecule has 176 valence electrons. The molecule has 2 aromatic rings. The van der Waals surface area contributed by atoms with Gasteiger partial charge in [-0.3, -0.25) is 4.79 Å². The lowest BCUT2D eigenvalue weighted by Gasteiger charge is -2.25. The van der Waals surface area contributed by atoms with E-state index < -0.39 is 5.60 Å². The zero-order chi connectivity index (χ0) is 22.8. The van der Waals surface area contributed by atoms with Crippen molar-refractivity contribution < 1.29 is 34.0 Å². The molecule has 1 amide bonds. The Morgan fingerprint density at radius 1 is 1.15 bits per heavy atom. The van der Waals surface area contributed by atoms with E-state index in [0.29, 0.717) is 68.7 Å². The Bertz CT molecular complexity index is 1030. The van der Waals surface area contributed by atoms with Gasteiger partial charge >= 0.3 is 0 Å². The molecule has 33 heavy (non-hydrogen) atoms. The maximum Gasteiger partial charge on any atom is 0.251 e. The van der Waals surface area contributed by atoms with E-state index in [-0.39, 0.29) is 24.5 Å². The number of nitrogens with one attached hydrogen (secondary N) is 2. The van der Waals surface area contributed by atoms with Gasteiger partial charge in [-0.05, 0) is 42.3 Å². The Morgan fingerprint density at radius 2 is 2.00 bits per heavy atom. The Morgan fingerprint density at radius 3 is 2.88 bits per heavy atom. The van der Waals surface area contributed by atoms with Crippen LogP contribution in [0, 0.1) is 5.92 Å². The van der Waals surface area contributed by atoms with Crippen molar-refractivity contribution in [2.24, 2.45) is 5.92 Å². The predicted molar refractivity (Wildman–Crippen MR) is 118 cm³/mol. The molecule has 2 aliphatic heterocycles. The average molecular weight is 456 g/mol. The molecule has 3 atom stereocenters. The minimum atomic E-state index is -0.776. The molecule has 4 N–H and O–H groups in total. The summed E-state index contributed by atoms with van der Waals surface area (Å²) in [5, 5.41) is 25.9. The molecule has 0 spiro atoms. The van der Waals surface area contributed by atoms with Gasteiger partial charge in [0.2, 0.25) is 0 Å². The van der Waals surface area contributed by atoms with Gasteiger partial charge in [0, 0.05) is 37.2 Å². The van der Waals surface area contributed by atoms with Gasteiger partial charge in [0.15, 0.2) is 17.6 Å². The molecule has 2 heterocycles. The zero-order valence-electron chi connectivity index (χ0n) is 18.2. The number of hydrogen-bond donors (Lipinski definition) is 4. The number of aliphatic hydroxyl groups excluding tert-OH is 1. The molecule has 0 bridgehead atoms. The highest BCUT2D eigenvalue weighted by Gasteiger charge is 2.52. The van der Waals surface area contributed by atoms with Crippen LogP contribution in [-0.4, -0.2) is 67.3 Å². The fraction of sp³-hybridized carbons (Fsp3) is 0.458. The van der Waals surface area contributed by atoms with Crippen molar-refractivity contribution in [3.05, 3.63) is 47.5 Å². The molecule has 0 aromatic heterocycles. The second-order valence-electron chi connectivity index (χ2n) is 8.68.